The van der Waals surface area contributed by atoms with Crippen molar-refractivity contribution in [3.8, 4) is 28.3 Å². The molecule has 0 unspecified atom stereocenters. The van der Waals surface area contributed by atoms with Gasteiger partial charge < -0.3 is 10.2 Å². The lowest BCUT2D eigenvalue weighted by molar-refractivity contribution is 0.0942. The van der Waals surface area contributed by atoms with Crippen LogP contribution in [0.15, 0.2) is 61.4 Å². The molecule has 0 bridgehead atoms. The summed E-state index contributed by atoms with van der Waals surface area (Å²) in [5.74, 6) is 0.462. The van der Waals surface area contributed by atoms with Gasteiger partial charge in [0.2, 0.25) is 0 Å². The molecular formula is C28H21ClFN9O. The highest BCUT2D eigenvalue weighted by Gasteiger charge is 2.56. The molecule has 0 radical (unpaired) electrons. The summed E-state index contributed by atoms with van der Waals surface area (Å²) < 4.78 is 16.7. The van der Waals surface area contributed by atoms with E-state index in [4.69, 9.17) is 16.6 Å². The zero-order chi connectivity index (χ0) is 27.5. The number of fused-ring (bicyclic) bond motifs is 2. The lowest BCUT2D eigenvalue weighted by Crippen LogP contribution is -2.35. The van der Waals surface area contributed by atoms with Crippen LogP contribution in [0.4, 0.5) is 10.2 Å². The van der Waals surface area contributed by atoms with E-state index in [0.29, 0.717) is 17.4 Å². The highest BCUT2D eigenvalue weighted by molar-refractivity contribution is 6.33. The number of nitriles is 1. The lowest BCUT2D eigenvalue weighted by Gasteiger charge is -2.21. The van der Waals surface area contributed by atoms with E-state index in [1.807, 2.05) is 43.8 Å². The van der Waals surface area contributed by atoms with Crippen LogP contribution < -0.4 is 10.2 Å². The summed E-state index contributed by atoms with van der Waals surface area (Å²) in [6.45, 7) is 1.52. The number of carbonyl (C=O) groups excluding carboxylic acids is 1. The van der Waals surface area contributed by atoms with E-state index >= 15 is 0 Å². The number of halogens is 2. The molecule has 198 valence electrons. The summed E-state index contributed by atoms with van der Waals surface area (Å²) in [5, 5.41) is 21.3. The van der Waals surface area contributed by atoms with Crippen molar-refractivity contribution >= 4 is 28.8 Å². The molecule has 12 heteroatoms. The molecule has 1 aliphatic heterocycles. The van der Waals surface area contributed by atoms with Crippen molar-refractivity contribution < 1.29 is 9.18 Å². The van der Waals surface area contributed by atoms with Crippen molar-refractivity contribution in [1.29, 1.82) is 5.26 Å². The molecule has 5 aromatic rings. The van der Waals surface area contributed by atoms with Gasteiger partial charge >= 0.3 is 0 Å². The van der Waals surface area contributed by atoms with Crippen molar-refractivity contribution in [1.82, 2.24) is 34.7 Å². The van der Waals surface area contributed by atoms with E-state index in [0.717, 1.165) is 58.9 Å². The van der Waals surface area contributed by atoms with Gasteiger partial charge in [-0.3, -0.25) is 9.48 Å². The number of amides is 1. The molecule has 1 saturated carbocycles. The third-order valence-corrected chi connectivity index (χ3v) is 7.96. The Bertz CT molecular complexity index is 1830. The number of hydrogen-bond acceptors (Lipinski definition) is 7. The Balaban J connectivity index is 1.09. The number of pyridine rings is 3. The maximum absolute atomic E-state index is 13.3. The van der Waals surface area contributed by atoms with Gasteiger partial charge in [0.15, 0.2) is 0 Å². The molecule has 1 N–H and O–H groups in total. The average Bonchev–Trinajstić information content (AvgIpc) is 3.40. The number of anilines is 1. The Morgan fingerprint density at radius 1 is 1.05 bits per heavy atom. The van der Waals surface area contributed by atoms with Gasteiger partial charge in [-0.15, -0.1) is 0 Å². The summed E-state index contributed by atoms with van der Waals surface area (Å²) in [6, 6.07) is 9.37. The minimum Gasteiger partial charge on any atom is -0.356 e. The van der Waals surface area contributed by atoms with Crippen molar-refractivity contribution in [2.45, 2.75) is 6.04 Å². The molecule has 10 nitrogen and oxygen atoms in total. The predicted molar refractivity (Wildman–Crippen MR) is 145 cm³/mol. The first-order valence-electron chi connectivity index (χ1n) is 12.6. The zero-order valence-corrected chi connectivity index (χ0v) is 21.9. The molecule has 7 rings (SSSR count). The van der Waals surface area contributed by atoms with E-state index in [2.05, 4.69) is 31.5 Å². The van der Waals surface area contributed by atoms with Gasteiger partial charge in [-0.1, -0.05) is 11.6 Å². The fourth-order valence-electron chi connectivity index (χ4n) is 5.61. The van der Waals surface area contributed by atoms with Crippen LogP contribution in [0.25, 0.3) is 27.8 Å². The van der Waals surface area contributed by atoms with E-state index in [-0.39, 0.29) is 16.8 Å². The number of nitrogens with zero attached hydrogens (tertiary/aromatic N) is 8. The topological polar surface area (TPSA) is 117 Å². The van der Waals surface area contributed by atoms with Gasteiger partial charge in [-0.2, -0.15) is 15.5 Å². The van der Waals surface area contributed by atoms with Crippen LogP contribution in [-0.4, -0.2) is 54.4 Å². The Morgan fingerprint density at radius 2 is 1.88 bits per heavy atom. The largest absolute Gasteiger partial charge is 0.356 e. The Labute approximate surface area is 232 Å². The third kappa shape index (κ3) is 4.04. The second-order valence-corrected chi connectivity index (χ2v) is 10.5. The minimum atomic E-state index is -0.583. The standard InChI is InChI=1S/C28H21ClFN9O/c1-37-11-18(9-34-37)16-4-20(27-17(6-31)8-35-39(27)12-16)15-2-3-24(32-7-15)38-13-21-22(14-38)25(21)36-28(40)26-23(29)5-19(30)10-33-26/h2-5,7-12,21-22,25H,13-14H2,1H3,(H,36,40)/t21-,22+,25+. The first-order chi connectivity index (χ1) is 19.4. The fourth-order valence-corrected chi connectivity index (χ4v) is 5.85. The SMILES string of the molecule is Cn1cc(-c2cc(-c3ccc(N4C[C@@H]5[C@H](C4)[C@H]5NC(=O)c4ncc(F)cc4Cl)nc3)c3c(C#N)cnn3c2)cn1. The molecule has 1 amide bonds. The molecule has 1 aliphatic carbocycles. The monoisotopic (exact) mass is 553 g/mol. The van der Waals surface area contributed by atoms with Crippen molar-refractivity contribution in [2.75, 3.05) is 18.0 Å². The summed E-state index contributed by atoms with van der Waals surface area (Å²) in [4.78, 5) is 23.4. The summed E-state index contributed by atoms with van der Waals surface area (Å²) >= 11 is 5.99. The minimum absolute atomic E-state index is 0.00436. The summed E-state index contributed by atoms with van der Waals surface area (Å²) in [7, 11) is 1.87. The average molecular weight is 554 g/mol. The van der Waals surface area contributed by atoms with Crippen LogP contribution in [0, 0.1) is 29.0 Å². The van der Waals surface area contributed by atoms with Crippen LogP contribution in [0.2, 0.25) is 5.02 Å². The van der Waals surface area contributed by atoms with Gasteiger partial charge in [0.25, 0.3) is 5.91 Å². The zero-order valence-electron chi connectivity index (χ0n) is 21.2. The fraction of sp³-hybridized carbons (Fsp3) is 0.214. The van der Waals surface area contributed by atoms with Crippen LogP contribution in [0.1, 0.15) is 16.1 Å². The number of carbonyl (C=O) groups is 1. The Hall–Kier alpha value is -4.82. The molecular weight excluding hydrogens is 533 g/mol. The molecule has 0 aromatic carbocycles. The number of rotatable bonds is 5. The van der Waals surface area contributed by atoms with Crippen molar-refractivity contribution in [3.63, 3.8) is 0 Å². The van der Waals surface area contributed by atoms with Crippen LogP contribution in [0.5, 0.6) is 0 Å². The summed E-state index contributed by atoms with van der Waals surface area (Å²) in [5.41, 5.74) is 4.84. The first kappa shape index (κ1) is 24.2. The molecule has 1 saturated heterocycles. The second kappa shape index (κ2) is 9.14. The van der Waals surface area contributed by atoms with Gasteiger partial charge in [-0.25, -0.2) is 18.9 Å². The Morgan fingerprint density at radius 3 is 2.55 bits per heavy atom. The molecule has 0 spiro atoms. The van der Waals surface area contributed by atoms with Gasteiger partial charge in [0.1, 0.15) is 23.4 Å². The van der Waals surface area contributed by atoms with Crippen LogP contribution in [-0.2, 0) is 7.05 Å². The first-order valence-corrected chi connectivity index (χ1v) is 13.0. The van der Waals surface area contributed by atoms with Crippen LogP contribution >= 0.6 is 11.6 Å². The van der Waals surface area contributed by atoms with E-state index in [1.165, 1.54) is 0 Å². The van der Waals surface area contributed by atoms with E-state index < -0.39 is 11.7 Å². The highest BCUT2D eigenvalue weighted by atomic mass is 35.5. The molecule has 2 aliphatic rings. The number of nitrogens with one attached hydrogen (secondary N) is 1. The Kier molecular flexibility index (Phi) is 5.54. The molecule has 3 atom stereocenters. The van der Waals surface area contributed by atoms with E-state index in [9.17, 15) is 14.4 Å². The maximum atomic E-state index is 13.3. The van der Waals surface area contributed by atoms with Gasteiger partial charge in [0.05, 0.1) is 34.7 Å². The van der Waals surface area contributed by atoms with Gasteiger partial charge in [-0.05, 0) is 24.3 Å². The van der Waals surface area contributed by atoms with Crippen molar-refractivity contribution in [3.05, 3.63) is 83.5 Å². The second-order valence-electron chi connectivity index (χ2n) is 10.1. The smallest absolute Gasteiger partial charge is 0.271 e. The quantitative estimate of drug-likeness (QED) is 0.352. The molecule has 2 fully saturated rings. The number of piperidine rings is 1. The summed E-state index contributed by atoms with van der Waals surface area (Å²) in [6.07, 6.45) is 9.99. The van der Waals surface area contributed by atoms with Crippen molar-refractivity contribution in [2.24, 2.45) is 18.9 Å². The molecule has 6 heterocycles. The van der Waals surface area contributed by atoms with E-state index in [1.54, 1.807) is 21.6 Å². The highest BCUT2D eigenvalue weighted by Crippen LogP contribution is 2.47. The van der Waals surface area contributed by atoms with Crippen LogP contribution in [0.3, 0.4) is 0 Å². The van der Waals surface area contributed by atoms with Gasteiger partial charge in [0, 0.05) is 78.9 Å². The lowest BCUT2D eigenvalue weighted by atomic mass is 10.0. The number of aromatic nitrogens is 6. The number of hydrogen-bond donors (Lipinski definition) is 1. The predicted octanol–water partition coefficient (Wildman–Crippen LogP) is 3.72. The third-order valence-electron chi connectivity index (χ3n) is 7.67. The molecule has 5 aromatic heterocycles. The maximum Gasteiger partial charge on any atom is 0.271 e. The normalized spacial score (nSPS) is 19.4. The number of aryl methyl sites for hydroxylation is 1. The molecule has 40 heavy (non-hydrogen) atoms.